The molecule has 0 radical (unpaired) electrons. The summed E-state index contributed by atoms with van der Waals surface area (Å²) in [5, 5.41) is 23.7. The standard InChI is InChI=1S/C11H13N5O2/c1-3-8-9(6-16(2)15-8)13-10-7(11(17)18)4-5-12-14-10/h4-6H,3H2,1-2H3,(H,13,14)(H,17,18). The summed E-state index contributed by atoms with van der Waals surface area (Å²) in [5.74, 6) is -0.831. The first kappa shape index (κ1) is 12.0. The number of carboxylic acid groups (broad SMARTS) is 1. The molecule has 2 N–H and O–H groups in total. The average Bonchev–Trinajstić information content (AvgIpc) is 2.70. The van der Waals surface area contributed by atoms with Crippen molar-refractivity contribution >= 4 is 17.5 Å². The van der Waals surface area contributed by atoms with E-state index >= 15 is 0 Å². The van der Waals surface area contributed by atoms with E-state index in [1.54, 1.807) is 17.9 Å². The van der Waals surface area contributed by atoms with E-state index in [1.165, 1.54) is 12.3 Å². The first-order valence-electron chi connectivity index (χ1n) is 5.46. The van der Waals surface area contributed by atoms with Crippen molar-refractivity contribution in [2.75, 3.05) is 5.32 Å². The van der Waals surface area contributed by atoms with E-state index < -0.39 is 5.97 Å². The highest BCUT2D eigenvalue weighted by atomic mass is 16.4. The quantitative estimate of drug-likeness (QED) is 0.843. The molecule has 0 bridgehead atoms. The Morgan fingerprint density at radius 3 is 3.00 bits per heavy atom. The zero-order chi connectivity index (χ0) is 13.1. The van der Waals surface area contributed by atoms with Crippen molar-refractivity contribution in [2.45, 2.75) is 13.3 Å². The minimum atomic E-state index is -1.05. The van der Waals surface area contributed by atoms with Crippen molar-refractivity contribution in [3.8, 4) is 0 Å². The summed E-state index contributed by atoms with van der Waals surface area (Å²) < 4.78 is 1.66. The third-order valence-corrected chi connectivity index (χ3v) is 2.44. The molecular formula is C11H13N5O2. The fourth-order valence-electron chi connectivity index (χ4n) is 1.62. The summed E-state index contributed by atoms with van der Waals surface area (Å²) in [6, 6.07) is 1.40. The van der Waals surface area contributed by atoms with Crippen LogP contribution < -0.4 is 5.32 Å². The predicted molar refractivity (Wildman–Crippen MR) is 64.9 cm³/mol. The molecule has 0 unspecified atom stereocenters. The maximum atomic E-state index is 11.0. The number of hydrogen-bond acceptors (Lipinski definition) is 5. The average molecular weight is 247 g/mol. The van der Waals surface area contributed by atoms with Crippen molar-refractivity contribution in [3.63, 3.8) is 0 Å². The van der Waals surface area contributed by atoms with Crippen LogP contribution in [0, 0.1) is 0 Å². The maximum absolute atomic E-state index is 11.0. The van der Waals surface area contributed by atoms with E-state index in [2.05, 4.69) is 20.6 Å². The number of carboxylic acids is 1. The molecule has 7 nitrogen and oxygen atoms in total. The lowest BCUT2D eigenvalue weighted by Crippen LogP contribution is -2.06. The molecule has 0 saturated carbocycles. The van der Waals surface area contributed by atoms with Gasteiger partial charge < -0.3 is 10.4 Å². The Labute approximate surface area is 103 Å². The van der Waals surface area contributed by atoms with E-state index in [4.69, 9.17) is 5.11 Å². The molecule has 18 heavy (non-hydrogen) atoms. The van der Waals surface area contributed by atoms with Crippen molar-refractivity contribution in [2.24, 2.45) is 7.05 Å². The molecule has 0 aromatic carbocycles. The topological polar surface area (TPSA) is 92.9 Å². The highest BCUT2D eigenvalue weighted by molar-refractivity contribution is 5.93. The van der Waals surface area contributed by atoms with Crippen molar-refractivity contribution in [1.29, 1.82) is 0 Å². The normalized spacial score (nSPS) is 10.3. The second kappa shape index (κ2) is 4.82. The molecule has 7 heteroatoms. The van der Waals surface area contributed by atoms with Gasteiger partial charge in [-0.05, 0) is 12.5 Å². The van der Waals surface area contributed by atoms with Crippen LogP contribution in [0.2, 0.25) is 0 Å². The van der Waals surface area contributed by atoms with Crippen molar-refractivity contribution < 1.29 is 9.90 Å². The van der Waals surface area contributed by atoms with Crippen LogP contribution in [0.15, 0.2) is 18.5 Å². The maximum Gasteiger partial charge on any atom is 0.339 e. The first-order chi connectivity index (χ1) is 8.61. The van der Waals surface area contributed by atoms with Crippen LogP contribution in [0.25, 0.3) is 0 Å². The van der Waals surface area contributed by atoms with Crippen LogP contribution >= 0.6 is 0 Å². The second-order valence-electron chi connectivity index (χ2n) is 3.74. The van der Waals surface area contributed by atoms with Crippen LogP contribution in [0.1, 0.15) is 23.0 Å². The highest BCUT2D eigenvalue weighted by Gasteiger charge is 2.14. The number of carbonyl (C=O) groups is 1. The van der Waals surface area contributed by atoms with Gasteiger partial charge >= 0.3 is 5.97 Å². The highest BCUT2D eigenvalue weighted by Crippen LogP contribution is 2.20. The lowest BCUT2D eigenvalue weighted by molar-refractivity contribution is 0.0697. The predicted octanol–water partition coefficient (Wildman–Crippen LogP) is 1.21. The van der Waals surface area contributed by atoms with Gasteiger partial charge in [-0.3, -0.25) is 4.68 Å². The summed E-state index contributed by atoms with van der Waals surface area (Å²) in [6.45, 7) is 1.97. The monoisotopic (exact) mass is 247 g/mol. The van der Waals surface area contributed by atoms with E-state index in [1.807, 2.05) is 6.92 Å². The van der Waals surface area contributed by atoms with Crippen LogP contribution in [-0.2, 0) is 13.5 Å². The van der Waals surface area contributed by atoms with Gasteiger partial charge in [0.15, 0.2) is 5.82 Å². The van der Waals surface area contributed by atoms with Crippen LogP contribution in [-0.4, -0.2) is 31.1 Å². The molecule has 2 rings (SSSR count). The molecule has 2 aromatic rings. The number of hydrogen-bond donors (Lipinski definition) is 2. The van der Waals surface area contributed by atoms with Crippen LogP contribution in [0.3, 0.4) is 0 Å². The number of anilines is 2. The Kier molecular flexibility index (Phi) is 3.22. The number of aromatic carboxylic acids is 1. The van der Waals surface area contributed by atoms with E-state index in [9.17, 15) is 4.79 Å². The van der Waals surface area contributed by atoms with Gasteiger partial charge in [-0.15, -0.1) is 5.10 Å². The fraction of sp³-hybridized carbons (Fsp3) is 0.273. The molecule has 2 heterocycles. The molecule has 0 saturated heterocycles. The fourth-order valence-corrected chi connectivity index (χ4v) is 1.62. The summed E-state index contributed by atoms with van der Waals surface area (Å²) in [6.07, 6.45) is 3.86. The second-order valence-corrected chi connectivity index (χ2v) is 3.74. The van der Waals surface area contributed by atoms with E-state index in [0.29, 0.717) is 0 Å². The van der Waals surface area contributed by atoms with Gasteiger partial charge in [0.05, 0.1) is 17.6 Å². The van der Waals surface area contributed by atoms with Crippen molar-refractivity contribution in [3.05, 3.63) is 29.7 Å². The molecule has 94 valence electrons. The van der Waals surface area contributed by atoms with Crippen LogP contribution in [0.4, 0.5) is 11.5 Å². The minimum absolute atomic E-state index is 0.0795. The SMILES string of the molecule is CCc1nn(C)cc1Nc1nnccc1C(=O)O. The molecule has 0 aliphatic heterocycles. The van der Waals surface area contributed by atoms with Crippen LogP contribution in [0.5, 0.6) is 0 Å². The number of aromatic nitrogens is 4. The lowest BCUT2D eigenvalue weighted by Gasteiger charge is -2.06. The zero-order valence-corrected chi connectivity index (χ0v) is 10.1. The number of rotatable bonds is 4. The smallest absolute Gasteiger partial charge is 0.339 e. The third kappa shape index (κ3) is 2.29. The van der Waals surface area contributed by atoms with E-state index in [0.717, 1.165) is 17.8 Å². The third-order valence-electron chi connectivity index (χ3n) is 2.44. The Balaban J connectivity index is 2.36. The van der Waals surface area contributed by atoms with Gasteiger partial charge in [-0.1, -0.05) is 6.92 Å². The Morgan fingerprint density at radius 1 is 1.56 bits per heavy atom. The largest absolute Gasteiger partial charge is 0.478 e. The number of nitrogens with one attached hydrogen (secondary N) is 1. The first-order valence-corrected chi connectivity index (χ1v) is 5.46. The molecule has 0 amide bonds. The summed E-state index contributed by atoms with van der Waals surface area (Å²) in [7, 11) is 1.80. The van der Waals surface area contributed by atoms with Gasteiger partial charge in [0.2, 0.25) is 0 Å². The Hall–Kier alpha value is -2.44. The molecule has 0 atom stereocenters. The number of aryl methyl sites for hydroxylation is 2. The number of nitrogens with zero attached hydrogens (tertiary/aromatic N) is 4. The molecular weight excluding hydrogens is 234 g/mol. The van der Waals surface area contributed by atoms with Gasteiger partial charge in [0, 0.05) is 13.2 Å². The molecule has 0 fully saturated rings. The van der Waals surface area contributed by atoms with Gasteiger partial charge in [0.1, 0.15) is 5.56 Å². The summed E-state index contributed by atoms with van der Waals surface area (Å²) in [4.78, 5) is 11.0. The molecule has 2 aromatic heterocycles. The van der Waals surface area contributed by atoms with Gasteiger partial charge in [0.25, 0.3) is 0 Å². The van der Waals surface area contributed by atoms with Gasteiger partial charge in [-0.2, -0.15) is 10.2 Å². The summed E-state index contributed by atoms with van der Waals surface area (Å²) >= 11 is 0. The summed E-state index contributed by atoms with van der Waals surface area (Å²) in [5.41, 5.74) is 1.67. The lowest BCUT2D eigenvalue weighted by atomic mass is 10.2. The molecule has 0 aliphatic rings. The Bertz CT molecular complexity index is 579. The molecule has 0 aliphatic carbocycles. The van der Waals surface area contributed by atoms with Gasteiger partial charge in [-0.25, -0.2) is 4.79 Å². The Morgan fingerprint density at radius 2 is 2.33 bits per heavy atom. The van der Waals surface area contributed by atoms with E-state index in [-0.39, 0.29) is 11.4 Å². The van der Waals surface area contributed by atoms with Crippen molar-refractivity contribution in [1.82, 2.24) is 20.0 Å². The zero-order valence-electron chi connectivity index (χ0n) is 10.1. The molecule has 0 spiro atoms. The minimum Gasteiger partial charge on any atom is -0.478 e.